The molecule has 0 amide bonds. The second-order valence-electron chi connectivity index (χ2n) is 15.7. The van der Waals surface area contributed by atoms with Crippen LogP contribution in [-0.4, -0.2) is 46.1 Å². The van der Waals surface area contributed by atoms with Gasteiger partial charge in [-0.1, -0.05) is 261 Å². The summed E-state index contributed by atoms with van der Waals surface area (Å²) in [5, 5.41) is 18.3. The predicted molar refractivity (Wildman–Crippen MR) is 240 cm³/mol. The summed E-state index contributed by atoms with van der Waals surface area (Å²) in [4.78, 5) is 22.3. The minimum Gasteiger partial charge on any atom is -0.481 e. The van der Waals surface area contributed by atoms with Crippen LogP contribution in [0.4, 0.5) is 0 Å². The van der Waals surface area contributed by atoms with Crippen LogP contribution in [0.3, 0.4) is 0 Å². The van der Waals surface area contributed by atoms with Gasteiger partial charge in [0.15, 0.2) is 0 Å². The molecule has 0 rings (SSSR count). The van der Waals surface area contributed by atoms with Crippen LogP contribution >= 0.6 is 0 Å². The molecule has 4 nitrogen and oxygen atoms in total. The standard InChI is InChI=1S/2C16H32O2.2C8H18.Sn/c2*1-3-5-7-9-10-12-14-15(16(17)18)13-11-8-6-4-2;2*1-3-5-7-8-6-4-2;/h2*15H,3-14H2,1-2H3,(H,17,18);2*3-8H2,1-2H3;. The molecule has 0 saturated heterocycles. The number of carboxylic acid groups (broad SMARTS) is 2. The van der Waals surface area contributed by atoms with Gasteiger partial charge in [-0.15, -0.1) is 0 Å². The number of hydrogen-bond donors (Lipinski definition) is 2. The topological polar surface area (TPSA) is 74.6 Å². The van der Waals surface area contributed by atoms with Gasteiger partial charge in [-0.3, -0.25) is 9.59 Å². The zero-order chi connectivity index (χ0) is 39.8. The van der Waals surface area contributed by atoms with Crippen LogP contribution < -0.4 is 0 Å². The molecule has 2 N–H and O–H groups in total. The van der Waals surface area contributed by atoms with E-state index in [-0.39, 0.29) is 35.7 Å². The number of carboxylic acids is 2. The summed E-state index contributed by atoms with van der Waals surface area (Å²) >= 11 is 0. The Bertz CT molecular complexity index is 575. The minimum absolute atomic E-state index is 0. The first-order valence-electron chi connectivity index (χ1n) is 23.7. The molecule has 0 spiro atoms. The quantitative estimate of drug-likeness (QED) is 0.0486. The molecule has 53 heavy (non-hydrogen) atoms. The van der Waals surface area contributed by atoms with Gasteiger partial charge in [0, 0.05) is 23.9 Å². The van der Waals surface area contributed by atoms with Crippen molar-refractivity contribution in [2.24, 2.45) is 11.8 Å². The fourth-order valence-corrected chi connectivity index (χ4v) is 6.47. The first kappa shape index (κ1) is 61.9. The van der Waals surface area contributed by atoms with Crippen molar-refractivity contribution >= 4 is 35.8 Å². The number of rotatable bonds is 36. The van der Waals surface area contributed by atoms with E-state index in [4.69, 9.17) is 0 Å². The van der Waals surface area contributed by atoms with E-state index in [0.29, 0.717) is 0 Å². The van der Waals surface area contributed by atoms with Crippen molar-refractivity contribution in [3.63, 3.8) is 0 Å². The van der Waals surface area contributed by atoms with Crippen molar-refractivity contribution in [2.45, 2.75) is 287 Å². The summed E-state index contributed by atoms with van der Waals surface area (Å²) in [6.07, 6.45) is 44.9. The van der Waals surface area contributed by atoms with Crippen LogP contribution in [0.1, 0.15) is 287 Å². The van der Waals surface area contributed by atoms with E-state index in [1.165, 1.54) is 180 Å². The molecule has 0 heterocycles. The summed E-state index contributed by atoms with van der Waals surface area (Å²) in [6.45, 7) is 17.8. The third-order valence-corrected chi connectivity index (χ3v) is 10.2. The maximum atomic E-state index is 11.1. The van der Waals surface area contributed by atoms with Crippen LogP contribution in [-0.2, 0) is 9.59 Å². The Kier molecular flexibility index (Phi) is 68.3. The Morgan fingerprint density at radius 2 is 0.415 bits per heavy atom. The van der Waals surface area contributed by atoms with Crippen LogP contribution in [0.25, 0.3) is 0 Å². The maximum Gasteiger partial charge on any atom is 0.306 e. The average molecular weight is 860 g/mol. The Labute approximate surface area is 352 Å². The predicted octanol–water partition coefficient (Wildman–Crippen LogP) is 17.2. The van der Waals surface area contributed by atoms with Gasteiger partial charge in [-0.25, -0.2) is 0 Å². The smallest absolute Gasteiger partial charge is 0.306 e. The van der Waals surface area contributed by atoms with Gasteiger partial charge in [0.2, 0.25) is 0 Å². The molecular weight excluding hydrogens is 759 g/mol. The molecule has 320 valence electrons. The molecule has 2 unspecified atom stereocenters. The summed E-state index contributed by atoms with van der Waals surface area (Å²) in [5.74, 6) is -1.35. The molecule has 0 bridgehead atoms. The molecule has 0 aliphatic heterocycles. The molecule has 0 aliphatic rings. The first-order chi connectivity index (χ1) is 25.3. The normalized spacial score (nSPS) is 11.5. The number of unbranched alkanes of at least 4 members (excludes halogenated alkanes) is 26. The average Bonchev–Trinajstić information content (AvgIpc) is 3.14. The molecule has 0 aromatic rings. The summed E-state index contributed by atoms with van der Waals surface area (Å²) in [7, 11) is 0. The number of carbonyl (C=O) groups is 2. The van der Waals surface area contributed by atoms with E-state index in [1.807, 2.05) is 0 Å². The monoisotopic (exact) mass is 861 g/mol. The second-order valence-corrected chi connectivity index (χ2v) is 15.7. The van der Waals surface area contributed by atoms with Gasteiger partial charge in [0.05, 0.1) is 11.8 Å². The third-order valence-electron chi connectivity index (χ3n) is 10.2. The zero-order valence-corrected chi connectivity index (χ0v) is 40.7. The van der Waals surface area contributed by atoms with Crippen molar-refractivity contribution < 1.29 is 19.8 Å². The Morgan fingerprint density at radius 3 is 0.566 bits per heavy atom. The summed E-state index contributed by atoms with van der Waals surface area (Å²) in [5.41, 5.74) is 0. The van der Waals surface area contributed by atoms with Crippen LogP contribution in [0.15, 0.2) is 0 Å². The first-order valence-corrected chi connectivity index (χ1v) is 23.7. The summed E-state index contributed by atoms with van der Waals surface area (Å²) in [6, 6.07) is 0. The summed E-state index contributed by atoms with van der Waals surface area (Å²) < 4.78 is 0. The van der Waals surface area contributed by atoms with Gasteiger partial charge in [-0.05, 0) is 25.7 Å². The maximum absolute atomic E-state index is 11.1. The van der Waals surface area contributed by atoms with Gasteiger partial charge >= 0.3 is 11.9 Å². The SMILES string of the molecule is CCCCCCCC.CCCCCCCC.CCCCCCCCC(CCCCCC)C(=O)O.CCCCCCCCC(CCCCCC)C(=O)O.[Sn]. The molecule has 5 heteroatoms. The van der Waals surface area contributed by atoms with E-state index in [9.17, 15) is 19.8 Å². The fraction of sp³-hybridized carbons (Fsp3) is 0.958. The second kappa shape index (κ2) is 58.4. The molecule has 0 aromatic carbocycles. The largest absolute Gasteiger partial charge is 0.481 e. The van der Waals surface area contributed by atoms with Crippen molar-refractivity contribution in [2.75, 3.05) is 0 Å². The Morgan fingerprint density at radius 1 is 0.283 bits per heavy atom. The Hall–Kier alpha value is -0.261. The van der Waals surface area contributed by atoms with Gasteiger partial charge < -0.3 is 10.2 Å². The number of aliphatic carboxylic acids is 2. The zero-order valence-electron chi connectivity index (χ0n) is 37.8. The molecular formula is C48H100O4Sn. The molecule has 0 aromatic heterocycles. The van der Waals surface area contributed by atoms with Crippen LogP contribution in [0.2, 0.25) is 0 Å². The molecule has 2 atom stereocenters. The third kappa shape index (κ3) is 61.2. The van der Waals surface area contributed by atoms with Crippen molar-refractivity contribution in [1.29, 1.82) is 0 Å². The number of hydrogen-bond acceptors (Lipinski definition) is 2. The van der Waals surface area contributed by atoms with E-state index in [1.54, 1.807) is 0 Å². The molecule has 4 radical (unpaired) electrons. The molecule has 0 saturated carbocycles. The van der Waals surface area contributed by atoms with Gasteiger partial charge in [0.25, 0.3) is 0 Å². The van der Waals surface area contributed by atoms with E-state index in [0.717, 1.165) is 51.4 Å². The van der Waals surface area contributed by atoms with Crippen molar-refractivity contribution in [3.8, 4) is 0 Å². The van der Waals surface area contributed by atoms with E-state index >= 15 is 0 Å². The van der Waals surface area contributed by atoms with Crippen LogP contribution in [0.5, 0.6) is 0 Å². The van der Waals surface area contributed by atoms with Crippen molar-refractivity contribution in [1.82, 2.24) is 0 Å². The van der Waals surface area contributed by atoms with Gasteiger partial charge in [-0.2, -0.15) is 0 Å². The fourth-order valence-electron chi connectivity index (χ4n) is 6.47. The molecule has 0 aliphatic carbocycles. The van der Waals surface area contributed by atoms with E-state index in [2.05, 4.69) is 55.4 Å². The molecule has 0 fully saturated rings. The Balaban J connectivity index is -0.000000205. The van der Waals surface area contributed by atoms with Crippen molar-refractivity contribution in [3.05, 3.63) is 0 Å². The minimum atomic E-state index is -0.583. The van der Waals surface area contributed by atoms with Gasteiger partial charge in [0.1, 0.15) is 0 Å². The van der Waals surface area contributed by atoms with E-state index < -0.39 is 11.9 Å². The van der Waals surface area contributed by atoms with Crippen LogP contribution in [0, 0.1) is 11.8 Å².